The highest BCUT2D eigenvalue weighted by molar-refractivity contribution is 5.81. The molecule has 1 aliphatic heterocycles. The first-order valence-corrected chi connectivity index (χ1v) is 8.77. The third kappa shape index (κ3) is 3.80. The predicted molar refractivity (Wildman–Crippen MR) is 92.4 cm³/mol. The SMILES string of the molecule is Fc1cc(CNC[C@@H]2CCc3nc(C(F)(F)F)cn3C2)c2ncccc2c1. The number of hydrogen-bond acceptors (Lipinski definition) is 3. The fourth-order valence-corrected chi connectivity index (χ4v) is 3.59. The minimum atomic E-state index is -4.41. The fourth-order valence-electron chi connectivity index (χ4n) is 3.59. The van der Waals surface area contributed by atoms with Crippen molar-refractivity contribution in [2.45, 2.75) is 32.1 Å². The number of alkyl halides is 3. The topological polar surface area (TPSA) is 42.7 Å². The largest absolute Gasteiger partial charge is 0.434 e. The average Bonchev–Trinajstić information content (AvgIpc) is 3.05. The first kappa shape index (κ1) is 17.9. The lowest BCUT2D eigenvalue weighted by atomic mass is 9.99. The highest BCUT2D eigenvalue weighted by Gasteiger charge is 2.35. The third-order valence-electron chi connectivity index (χ3n) is 4.88. The smallest absolute Gasteiger partial charge is 0.334 e. The molecule has 1 atom stereocenters. The van der Waals surface area contributed by atoms with E-state index in [2.05, 4.69) is 15.3 Å². The van der Waals surface area contributed by atoms with Crippen molar-refractivity contribution in [2.75, 3.05) is 6.54 Å². The first-order valence-electron chi connectivity index (χ1n) is 8.77. The van der Waals surface area contributed by atoms with Crippen LogP contribution in [0.3, 0.4) is 0 Å². The van der Waals surface area contributed by atoms with Crippen LogP contribution in [0.4, 0.5) is 17.6 Å². The normalized spacial score (nSPS) is 17.3. The van der Waals surface area contributed by atoms with E-state index in [1.54, 1.807) is 16.8 Å². The summed E-state index contributed by atoms with van der Waals surface area (Å²) in [5.41, 5.74) is 0.689. The maximum absolute atomic E-state index is 13.8. The van der Waals surface area contributed by atoms with Gasteiger partial charge in [0.15, 0.2) is 5.69 Å². The molecule has 1 N–H and O–H groups in total. The van der Waals surface area contributed by atoms with Gasteiger partial charge in [0, 0.05) is 37.3 Å². The van der Waals surface area contributed by atoms with Gasteiger partial charge in [0.2, 0.25) is 0 Å². The molecule has 0 fully saturated rings. The lowest BCUT2D eigenvalue weighted by molar-refractivity contribution is -0.141. The summed E-state index contributed by atoms with van der Waals surface area (Å²) in [5, 5.41) is 4.04. The number of imidazole rings is 1. The van der Waals surface area contributed by atoms with Gasteiger partial charge in [-0.05, 0) is 42.6 Å². The number of hydrogen-bond donors (Lipinski definition) is 1. The molecule has 0 saturated carbocycles. The second-order valence-electron chi connectivity index (χ2n) is 6.87. The summed E-state index contributed by atoms with van der Waals surface area (Å²) < 4.78 is 53.8. The second-order valence-corrected chi connectivity index (χ2v) is 6.87. The van der Waals surface area contributed by atoms with E-state index in [9.17, 15) is 17.6 Å². The van der Waals surface area contributed by atoms with Crippen molar-refractivity contribution in [3.63, 3.8) is 0 Å². The van der Waals surface area contributed by atoms with E-state index in [0.29, 0.717) is 31.9 Å². The number of fused-ring (bicyclic) bond motifs is 2. The number of nitrogens with zero attached hydrogens (tertiary/aromatic N) is 3. The molecule has 0 aliphatic carbocycles. The Morgan fingerprint density at radius 2 is 2.11 bits per heavy atom. The van der Waals surface area contributed by atoms with Crippen molar-refractivity contribution in [1.29, 1.82) is 0 Å². The molecule has 142 valence electrons. The van der Waals surface area contributed by atoms with Crippen molar-refractivity contribution in [3.8, 4) is 0 Å². The van der Waals surface area contributed by atoms with Gasteiger partial charge in [0.05, 0.1) is 5.52 Å². The average molecular weight is 378 g/mol. The molecule has 4 nitrogen and oxygen atoms in total. The lowest BCUT2D eigenvalue weighted by Gasteiger charge is -2.24. The molecule has 0 unspecified atom stereocenters. The highest BCUT2D eigenvalue weighted by atomic mass is 19.4. The van der Waals surface area contributed by atoms with Gasteiger partial charge >= 0.3 is 6.18 Å². The first-order chi connectivity index (χ1) is 12.9. The molecule has 0 spiro atoms. The Balaban J connectivity index is 1.40. The Morgan fingerprint density at radius 3 is 2.93 bits per heavy atom. The molecule has 1 aliphatic rings. The van der Waals surface area contributed by atoms with E-state index in [0.717, 1.165) is 29.1 Å². The van der Waals surface area contributed by atoms with E-state index in [4.69, 9.17) is 0 Å². The van der Waals surface area contributed by atoms with Crippen molar-refractivity contribution in [3.05, 3.63) is 59.6 Å². The van der Waals surface area contributed by atoms with Crippen molar-refractivity contribution in [2.24, 2.45) is 5.92 Å². The second kappa shape index (κ2) is 6.92. The summed E-state index contributed by atoms with van der Waals surface area (Å²) in [4.78, 5) is 8.01. The molecular formula is C19H18F4N4. The maximum atomic E-state index is 13.8. The summed E-state index contributed by atoms with van der Waals surface area (Å²) >= 11 is 0. The molecule has 8 heteroatoms. The Hall–Kier alpha value is -2.48. The summed E-state index contributed by atoms with van der Waals surface area (Å²) in [5.74, 6) is 0.368. The van der Waals surface area contributed by atoms with Gasteiger partial charge < -0.3 is 9.88 Å². The van der Waals surface area contributed by atoms with Gasteiger partial charge in [0.25, 0.3) is 0 Å². The van der Waals surface area contributed by atoms with E-state index >= 15 is 0 Å². The van der Waals surface area contributed by atoms with Crippen molar-refractivity contribution < 1.29 is 17.6 Å². The summed E-state index contributed by atoms with van der Waals surface area (Å²) in [6.45, 7) is 1.57. The zero-order valence-electron chi connectivity index (χ0n) is 14.4. The van der Waals surface area contributed by atoms with Crippen LogP contribution in [-0.2, 0) is 25.7 Å². The molecule has 0 saturated heterocycles. The van der Waals surface area contributed by atoms with Crippen LogP contribution in [0, 0.1) is 11.7 Å². The van der Waals surface area contributed by atoms with Crippen LogP contribution in [0.2, 0.25) is 0 Å². The number of aryl methyl sites for hydroxylation is 1. The van der Waals surface area contributed by atoms with Crippen LogP contribution < -0.4 is 5.32 Å². The Labute approximate surface area is 153 Å². The molecule has 0 radical (unpaired) electrons. The Morgan fingerprint density at radius 1 is 1.26 bits per heavy atom. The van der Waals surface area contributed by atoms with Gasteiger partial charge in [-0.2, -0.15) is 13.2 Å². The summed E-state index contributed by atoms with van der Waals surface area (Å²) in [6, 6.07) is 6.49. The molecule has 2 aromatic heterocycles. The molecule has 1 aromatic carbocycles. The molecule has 0 amide bonds. The molecule has 4 rings (SSSR count). The standard InChI is InChI=1S/C19H18F4N4/c20-15-6-13-2-1-5-25-18(13)14(7-15)9-24-8-12-3-4-17-26-16(19(21,22)23)11-27(17)10-12/h1-2,5-7,11-12,24H,3-4,8-10H2/t12-/m0/s1. The van der Waals surface area contributed by atoms with Gasteiger partial charge in [0.1, 0.15) is 11.6 Å². The number of rotatable bonds is 4. The lowest BCUT2D eigenvalue weighted by Crippen LogP contribution is -2.29. The summed E-state index contributed by atoms with van der Waals surface area (Å²) in [6.07, 6.45) is -0.366. The Kier molecular flexibility index (Phi) is 4.59. The Bertz CT molecular complexity index is 964. The molecule has 3 heterocycles. The summed E-state index contributed by atoms with van der Waals surface area (Å²) in [7, 11) is 0. The van der Waals surface area contributed by atoms with E-state index in [-0.39, 0.29) is 11.7 Å². The van der Waals surface area contributed by atoms with E-state index in [1.807, 2.05) is 6.07 Å². The van der Waals surface area contributed by atoms with Crippen LogP contribution in [0.15, 0.2) is 36.7 Å². The van der Waals surface area contributed by atoms with E-state index in [1.165, 1.54) is 12.1 Å². The van der Waals surface area contributed by atoms with Crippen LogP contribution in [0.25, 0.3) is 10.9 Å². The quantitative estimate of drug-likeness (QED) is 0.700. The predicted octanol–water partition coefficient (Wildman–Crippen LogP) is 3.94. The van der Waals surface area contributed by atoms with Crippen LogP contribution in [0.5, 0.6) is 0 Å². The van der Waals surface area contributed by atoms with Gasteiger partial charge in [-0.1, -0.05) is 6.07 Å². The maximum Gasteiger partial charge on any atom is 0.434 e. The van der Waals surface area contributed by atoms with Crippen molar-refractivity contribution >= 4 is 10.9 Å². The van der Waals surface area contributed by atoms with Crippen molar-refractivity contribution in [1.82, 2.24) is 19.9 Å². The highest BCUT2D eigenvalue weighted by Crippen LogP contribution is 2.30. The number of aromatic nitrogens is 3. The number of nitrogens with one attached hydrogen (secondary N) is 1. The zero-order valence-corrected chi connectivity index (χ0v) is 14.4. The molecule has 27 heavy (non-hydrogen) atoms. The minimum Gasteiger partial charge on any atom is -0.334 e. The monoisotopic (exact) mass is 378 g/mol. The van der Waals surface area contributed by atoms with Gasteiger partial charge in [-0.15, -0.1) is 0 Å². The van der Waals surface area contributed by atoms with E-state index < -0.39 is 11.9 Å². The van der Waals surface area contributed by atoms with Gasteiger partial charge in [-0.3, -0.25) is 4.98 Å². The number of benzene rings is 1. The molecule has 0 bridgehead atoms. The fraction of sp³-hybridized carbons (Fsp3) is 0.368. The van der Waals surface area contributed by atoms with Gasteiger partial charge in [-0.25, -0.2) is 9.37 Å². The molecular weight excluding hydrogens is 360 g/mol. The number of halogens is 4. The number of pyridine rings is 1. The van der Waals surface area contributed by atoms with Crippen LogP contribution >= 0.6 is 0 Å². The molecule has 3 aromatic rings. The van der Waals surface area contributed by atoms with Crippen LogP contribution in [0.1, 0.15) is 23.5 Å². The third-order valence-corrected chi connectivity index (χ3v) is 4.88. The van der Waals surface area contributed by atoms with Crippen LogP contribution in [-0.4, -0.2) is 21.1 Å². The zero-order chi connectivity index (χ0) is 19.0. The minimum absolute atomic E-state index is 0.195.